The highest BCUT2D eigenvalue weighted by molar-refractivity contribution is 7.10. The molecule has 3 N–H and O–H groups in total. The molecule has 3 nitrogen and oxygen atoms in total. The first-order valence-corrected chi connectivity index (χ1v) is 6.20. The van der Waals surface area contributed by atoms with E-state index in [0.717, 1.165) is 19.5 Å². The second-order valence-electron chi connectivity index (χ2n) is 4.48. The Hall–Kier alpha value is -0.420. The van der Waals surface area contributed by atoms with Crippen molar-refractivity contribution in [3.05, 3.63) is 22.4 Å². The average molecular weight is 226 g/mol. The van der Waals surface area contributed by atoms with Gasteiger partial charge in [0.2, 0.25) is 0 Å². The van der Waals surface area contributed by atoms with Crippen LogP contribution < -0.4 is 5.73 Å². The van der Waals surface area contributed by atoms with E-state index in [2.05, 4.69) is 22.4 Å². The Bertz CT molecular complexity index is 310. The summed E-state index contributed by atoms with van der Waals surface area (Å²) in [7, 11) is 0. The molecule has 1 aromatic rings. The minimum absolute atomic E-state index is 0.277. The van der Waals surface area contributed by atoms with Gasteiger partial charge in [-0.15, -0.1) is 11.3 Å². The second kappa shape index (κ2) is 4.22. The van der Waals surface area contributed by atoms with Gasteiger partial charge in [-0.2, -0.15) is 0 Å². The summed E-state index contributed by atoms with van der Waals surface area (Å²) in [4.78, 5) is 3.58. The average Bonchev–Trinajstić information content (AvgIpc) is 2.77. The molecule has 0 saturated carbocycles. The van der Waals surface area contributed by atoms with Crippen LogP contribution in [0.2, 0.25) is 0 Å². The summed E-state index contributed by atoms with van der Waals surface area (Å²) in [6.07, 6.45) is 0.842. The van der Waals surface area contributed by atoms with E-state index >= 15 is 0 Å². The molecule has 2 rings (SSSR count). The summed E-state index contributed by atoms with van der Waals surface area (Å²) in [5, 5.41) is 12.0. The van der Waals surface area contributed by atoms with Crippen LogP contribution in [0.3, 0.4) is 0 Å². The third kappa shape index (κ3) is 2.39. The van der Waals surface area contributed by atoms with Crippen LogP contribution in [0.5, 0.6) is 0 Å². The highest BCUT2D eigenvalue weighted by Gasteiger charge is 2.35. The van der Waals surface area contributed by atoms with Gasteiger partial charge in [-0.3, -0.25) is 4.90 Å². The standard InChI is InChI=1S/C11H18N2OS/c1-11(14)4-5-13(8-11)9(7-12)10-3-2-6-15-10/h2-3,6,9,14H,4-5,7-8,12H2,1H3. The normalized spacial score (nSPS) is 29.5. The van der Waals surface area contributed by atoms with E-state index in [1.54, 1.807) is 11.3 Å². The Morgan fingerprint density at radius 1 is 1.73 bits per heavy atom. The third-order valence-corrected chi connectivity index (χ3v) is 3.99. The minimum Gasteiger partial charge on any atom is -0.389 e. The van der Waals surface area contributed by atoms with Crippen molar-refractivity contribution >= 4 is 11.3 Å². The molecule has 2 heterocycles. The molecule has 0 radical (unpaired) electrons. The van der Waals surface area contributed by atoms with Crippen LogP contribution in [0.25, 0.3) is 0 Å². The van der Waals surface area contributed by atoms with Gasteiger partial charge in [-0.05, 0) is 24.8 Å². The van der Waals surface area contributed by atoms with Gasteiger partial charge in [0, 0.05) is 24.5 Å². The Morgan fingerprint density at radius 3 is 3.00 bits per heavy atom. The van der Waals surface area contributed by atoms with Crippen LogP contribution in [-0.4, -0.2) is 35.2 Å². The highest BCUT2D eigenvalue weighted by atomic mass is 32.1. The lowest BCUT2D eigenvalue weighted by Crippen LogP contribution is -2.35. The zero-order valence-electron chi connectivity index (χ0n) is 9.02. The van der Waals surface area contributed by atoms with Crippen LogP contribution in [0.1, 0.15) is 24.3 Å². The zero-order chi connectivity index (χ0) is 10.9. The molecule has 15 heavy (non-hydrogen) atoms. The van der Waals surface area contributed by atoms with Crippen LogP contribution in [0.15, 0.2) is 17.5 Å². The first kappa shape index (κ1) is 11.1. The van der Waals surface area contributed by atoms with Crippen molar-refractivity contribution in [2.24, 2.45) is 5.73 Å². The molecule has 84 valence electrons. The molecule has 1 saturated heterocycles. The number of hydrogen-bond donors (Lipinski definition) is 2. The van der Waals surface area contributed by atoms with Crippen LogP contribution in [0, 0.1) is 0 Å². The van der Waals surface area contributed by atoms with E-state index < -0.39 is 5.60 Å². The second-order valence-corrected chi connectivity index (χ2v) is 5.46. The summed E-state index contributed by atoms with van der Waals surface area (Å²) < 4.78 is 0. The number of rotatable bonds is 3. The maximum absolute atomic E-state index is 9.93. The van der Waals surface area contributed by atoms with Crippen molar-refractivity contribution in [1.82, 2.24) is 4.90 Å². The van der Waals surface area contributed by atoms with Crippen molar-refractivity contribution in [2.75, 3.05) is 19.6 Å². The quantitative estimate of drug-likeness (QED) is 0.814. The number of β-amino-alcohol motifs (C(OH)–C–C–N with tert-alkyl or cyclic N) is 1. The van der Waals surface area contributed by atoms with Gasteiger partial charge in [-0.1, -0.05) is 6.07 Å². The minimum atomic E-state index is -0.537. The molecular formula is C11H18N2OS. The largest absolute Gasteiger partial charge is 0.389 e. The van der Waals surface area contributed by atoms with E-state index in [-0.39, 0.29) is 6.04 Å². The lowest BCUT2D eigenvalue weighted by atomic mass is 10.1. The molecule has 0 aliphatic carbocycles. The predicted molar refractivity (Wildman–Crippen MR) is 62.9 cm³/mol. The van der Waals surface area contributed by atoms with E-state index in [9.17, 15) is 5.11 Å². The summed E-state index contributed by atoms with van der Waals surface area (Å²) >= 11 is 1.74. The van der Waals surface area contributed by atoms with Gasteiger partial charge in [-0.25, -0.2) is 0 Å². The molecule has 1 aliphatic heterocycles. The molecule has 0 amide bonds. The predicted octanol–water partition coefficient (Wildman–Crippen LogP) is 1.20. The fourth-order valence-corrected chi connectivity index (χ4v) is 3.05. The van der Waals surface area contributed by atoms with Crippen LogP contribution in [0.4, 0.5) is 0 Å². The van der Waals surface area contributed by atoms with Gasteiger partial charge in [0.1, 0.15) is 0 Å². The smallest absolute Gasteiger partial charge is 0.0758 e. The number of thiophene rings is 1. The molecule has 1 aromatic heterocycles. The summed E-state index contributed by atoms with van der Waals surface area (Å²) in [6, 6.07) is 4.45. The van der Waals surface area contributed by atoms with E-state index in [1.165, 1.54) is 4.88 Å². The topological polar surface area (TPSA) is 49.5 Å². The van der Waals surface area contributed by atoms with Gasteiger partial charge in [0.25, 0.3) is 0 Å². The Balaban J connectivity index is 2.09. The van der Waals surface area contributed by atoms with Gasteiger partial charge in [0.15, 0.2) is 0 Å². The summed E-state index contributed by atoms with van der Waals surface area (Å²) in [5.74, 6) is 0. The van der Waals surface area contributed by atoms with Crippen molar-refractivity contribution in [2.45, 2.75) is 25.0 Å². The SMILES string of the molecule is CC1(O)CCN(C(CN)c2cccs2)C1. The molecule has 1 fully saturated rings. The summed E-state index contributed by atoms with van der Waals surface area (Å²) in [6.45, 7) is 4.19. The molecule has 0 aromatic carbocycles. The first-order valence-electron chi connectivity index (χ1n) is 5.32. The maximum Gasteiger partial charge on any atom is 0.0758 e. The molecule has 2 unspecified atom stereocenters. The number of hydrogen-bond acceptors (Lipinski definition) is 4. The van der Waals surface area contributed by atoms with Crippen molar-refractivity contribution in [3.63, 3.8) is 0 Å². The number of aliphatic hydroxyl groups is 1. The lowest BCUT2D eigenvalue weighted by molar-refractivity contribution is 0.0629. The van der Waals surface area contributed by atoms with Crippen molar-refractivity contribution in [3.8, 4) is 0 Å². The van der Waals surface area contributed by atoms with Crippen LogP contribution in [-0.2, 0) is 0 Å². The third-order valence-electron chi connectivity index (χ3n) is 3.02. The monoisotopic (exact) mass is 226 g/mol. The van der Waals surface area contributed by atoms with Crippen molar-refractivity contribution in [1.29, 1.82) is 0 Å². The fraction of sp³-hybridized carbons (Fsp3) is 0.636. The molecule has 2 atom stereocenters. The highest BCUT2D eigenvalue weighted by Crippen LogP contribution is 2.30. The molecule has 0 spiro atoms. The molecule has 0 bridgehead atoms. The molecule has 4 heteroatoms. The zero-order valence-corrected chi connectivity index (χ0v) is 9.83. The van der Waals surface area contributed by atoms with Gasteiger partial charge in [0.05, 0.1) is 11.6 Å². The lowest BCUT2D eigenvalue weighted by Gasteiger charge is -2.26. The summed E-state index contributed by atoms with van der Waals surface area (Å²) in [5.41, 5.74) is 5.28. The molecular weight excluding hydrogens is 208 g/mol. The van der Waals surface area contributed by atoms with E-state index in [0.29, 0.717) is 6.54 Å². The van der Waals surface area contributed by atoms with Gasteiger partial charge >= 0.3 is 0 Å². The van der Waals surface area contributed by atoms with E-state index in [4.69, 9.17) is 5.73 Å². The van der Waals surface area contributed by atoms with E-state index in [1.807, 2.05) is 6.92 Å². The molecule has 1 aliphatic rings. The number of nitrogens with zero attached hydrogens (tertiary/aromatic N) is 1. The van der Waals surface area contributed by atoms with Gasteiger partial charge < -0.3 is 10.8 Å². The maximum atomic E-state index is 9.93. The van der Waals surface area contributed by atoms with Crippen molar-refractivity contribution < 1.29 is 5.11 Å². The Kier molecular flexibility index (Phi) is 3.11. The first-order chi connectivity index (χ1) is 7.12. The number of nitrogens with two attached hydrogens (primary N) is 1. The Morgan fingerprint density at radius 2 is 2.53 bits per heavy atom. The van der Waals surface area contributed by atoms with Crippen LogP contribution >= 0.6 is 11.3 Å². The number of likely N-dealkylation sites (tertiary alicyclic amines) is 1. The Labute approximate surface area is 94.5 Å². The fourth-order valence-electron chi connectivity index (χ4n) is 2.17.